The molecule has 1 aromatic carbocycles. The van der Waals surface area contributed by atoms with Crippen molar-refractivity contribution in [2.45, 2.75) is 18.4 Å². The molecule has 86 valence electrons. The summed E-state index contributed by atoms with van der Waals surface area (Å²) in [5.74, 6) is -0.412. The number of anilines is 1. The molecule has 0 aromatic heterocycles. The predicted octanol–water partition coefficient (Wildman–Crippen LogP) is -0.169. The molecule has 5 nitrogen and oxygen atoms in total. The minimum absolute atomic E-state index is 0.412. The lowest BCUT2D eigenvalue weighted by Gasteiger charge is -2.25. The molecule has 1 atom stereocenters. The molecule has 0 heterocycles. The van der Waals surface area contributed by atoms with Crippen LogP contribution in [0.15, 0.2) is 18.2 Å². The largest absolute Gasteiger partial charge is 0.399 e. The van der Waals surface area contributed by atoms with Crippen molar-refractivity contribution in [3.8, 4) is 0 Å². The van der Waals surface area contributed by atoms with Crippen molar-refractivity contribution < 1.29 is 10.0 Å². The molecule has 0 radical (unpaired) electrons. The number of nitrogens with two attached hydrogens (primary N) is 1. The molecule has 1 aliphatic carbocycles. The molecular weight excluding hydrogens is 206 g/mol. The Morgan fingerprint density at radius 3 is 2.75 bits per heavy atom. The molecule has 0 unspecified atom stereocenters. The third-order valence-corrected chi connectivity index (χ3v) is 3.23. The van der Waals surface area contributed by atoms with Crippen LogP contribution in [-0.4, -0.2) is 23.7 Å². The van der Waals surface area contributed by atoms with E-state index < -0.39 is 11.4 Å². The lowest BCUT2D eigenvalue weighted by molar-refractivity contribution is -0.135. The minimum Gasteiger partial charge on any atom is -0.399 e. The van der Waals surface area contributed by atoms with E-state index >= 15 is 0 Å². The zero-order valence-corrected chi connectivity index (χ0v) is 9.08. The first-order valence-electron chi connectivity index (χ1n) is 5.12. The quantitative estimate of drug-likeness (QED) is 0.317. The first-order valence-corrected chi connectivity index (χ1v) is 5.12. The monoisotopic (exact) mass is 221 g/mol. The average molecular weight is 221 g/mol. The fraction of sp³-hybridized carbons (Fsp3) is 0.364. The number of fused-ring (bicyclic) bond motifs is 1. The van der Waals surface area contributed by atoms with Crippen LogP contribution in [0.25, 0.3) is 0 Å². The summed E-state index contributed by atoms with van der Waals surface area (Å²) < 4.78 is 0. The van der Waals surface area contributed by atoms with Crippen molar-refractivity contribution in [3.05, 3.63) is 29.3 Å². The van der Waals surface area contributed by atoms with Crippen LogP contribution >= 0.6 is 0 Å². The maximum atomic E-state index is 11.7. The van der Waals surface area contributed by atoms with E-state index in [9.17, 15) is 4.79 Å². The smallest absolute Gasteiger partial charge is 0.264 e. The second-order valence-electron chi connectivity index (χ2n) is 4.15. The number of carbonyl (C=O) groups is 1. The molecular formula is C11H15N3O2. The van der Waals surface area contributed by atoms with Gasteiger partial charge in [0.25, 0.3) is 5.91 Å². The maximum absolute atomic E-state index is 11.7. The summed E-state index contributed by atoms with van der Waals surface area (Å²) in [6.45, 7) is 0. The van der Waals surface area contributed by atoms with E-state index in [0.29, 0.717) is 18.5 Å². The number of rotatable bonds is 2. The van der Waals surface area contributed by atoms with Crippen LogP contribution in [0, 0.1) is 0 Å². The molecule has 1 amide bonds. The fourth-order valence-corrected chi connectivity index (χ4v) is 2.25. The minimum atomic E-state index is -0.759. The second-order valence-corrected chi connectivity index (χ2v) is 4.15. The molecule has 1 aliphatic rings. The number of amides is 1. The van der Waals surface area contributed by atoms with Gasteiger partial charge in [-0.25, -0.2) is 5.48 Å². The van der Waals surface area contributed by atoms with Crippen molar-refractivity contribution in [2.75, 3.05) is 12.8 Å². The Balaban J connectivity index is 2.35. The van der Waals surface area contributed by atoms with Gasteiger partial charge in [-0.1, -0.05) is 6.07 Å². The predicted molar refractivity (Wildman–Crippen MR) is 60.0 cm³/mol. The van der Waals surface area contributed by atoms with Gasteiger partial charge in [-0.3, -0.25) is 10.0 Å². The molecule has 1 aromatic rings. The molecule has 2 rings (SSSR count). The highest BCUT2D eigenvalue weighted by Crippen LogP contribution is 2.31. The summed E-state index contributed by atoms with van der Waals surface area (Å²) in [7, 11) is 1.71. The van der Waals surface area contributed by atoms with Gasteiger partial charge in [0.1, 0.15) is 5.54 Å². The Hall–Kier alpha value is -1.59. The molecule has 5 N–H and O–H groups in total. The number of nitrogens with one attached hydrogen (secondary N) is 2. The van der Waals surface area contributed by atoms with Gasteiger partial charge in [0.05, 0.1) is 0 Å². The Morgan fingerprint density at radius 1 is 1.44 bits per heavy atom. The number of hydroxylamine groups is 1. The average Bonchev–Trinajstić information content (AvgIpc) is 2.67. The summed E-state index contributed by atoms with van der Waals surface area (Å²) in [6.07, 6.45) is 1.10. The third-order valence-electron chi connectivity index (χ3n) is 3.23. The lowest BCUT2D eigenvalue weighted by atomic mass is 9.95. The molecule has 0 saturated heterocycles. The van der Waals surface area contributed by atoms with Crippen molar-refractivity contribution in [2.24, 2.45) is 0 Å². The van der Waals surface area contributed by atoms with Crippen LogP contribution in [0.5, 0.6) is 0 Å². The summed E-state index contributed by atoms with van der Waals surface area (Å²) in [5.41, 5.74) is 9.49. The van der Waals surface area contributed by atoms with Crippen LogP contribution in [0.1, 0.15) is 11.1 Å². The van der Waals surface area contributed by atoms with Gasteiger partial charge in [0.2, 0.25) is 0 Å². The van der Waals surface area contributed by atoms with Crippen molar-refractivity contribution in [1.82, 2.24) is 10.8 Å². The molecule has 0 spiro atoms. The first-order chi connectivity index (χ1) is 7.61. The number of benzene rings is 1. The first kappa shape index (κ1) is 10.9. The van der Waals surface area contributed by atoms with Crippen LogP contribution in [0.3, 0.4) is 0 Å². The number of hydrogen-bond acceptors (Lipinski definition) is 4. The van der Waals surface area contributed by atoms with Gasteiger partial charge < -0.3 is 11.1 Å². The van der Waals surface area contributed by atoms with E-state index in [2.05, 4.69) is 5.32 Å². The fourth-order valence-electron chi connectivity index (χ4n) is 2.25. The summed E-state index contributed by atoms with van der Waals surface area (Å²) in [6, 6.07) is 5.62. The second kappa shape index (κ2) is 3.77. The van der Waals surface area contributed by atoms with Gasteiger partial charge in [-0.15, -0.1) is 0 Å². The van der Waals surface area contributed by atoms with Crippen molar-refractivity contribution >= 4 is 11.6 Å². The van der Waals surface area contributed by atoms with E-state index in [1.165, 1.54) is 0 Å². The van der Waals surface area contributed by atoms with Gasteiger partial charge in [-0.2, -0.15) is 0 Å². The van der Waals surface area contributed by atoms with Gasteiger partial charge in [0.15, 0.2) is 0 Å². The summed E-state index contributed by atoms with van der Waals surface area (Å²) in [5, 5.41) is 11.7. The number of hydrogen-bond donors (Lipinski definition) is 4. The highest BCUT2D eigenvalue weighted by atomic mass is 16.5. The topological polar surface area (TPSA) is 87.4 Å². The standard InChI is InChI=1S/C11H15N3O2/c1-13-11(10(15)14-16)5-7-2-3-9(12)4-8(7)6-11/h2-4,13,16H,5-6,12H2,1H3,(H,14,15)/t11-/m0/s1. The van der Waals surface area contributed by atoms with Crippen LogP contribution < -0.4 is 16.5 Å². The van der Waals surface area contributed by atoms with Crippen LogP contribution in [0.4, 0.5) is 5.69 Å². The van der Waals surface area contributed by atoms with E-state index in [-0.39, 0.29) is 0 Å². The highest BCUT2D eigenvalue weighted by Gasteiger charge is 2.42. The molecule has 0 bridgehead atoms. The Kier molecular flexibility index (Phi) is 2.57. The van der Waals surface area contributed by atoms with E-state index in [1.807, 2.05) is 18.2 Å². The SMILES string of the molecule is CN[C@@]1(C(=O)NO)Cc2ccc(N)cc2C1. The number of likely N-dealkylation sites (N-methyl/N-ethyl adjacent to an activating group) is 1. The zero-order valence-electron chi connectivity index (χ0n) is 9.08. The van der Waals surface area contributed by atoms with E-state index in [1.54, 1.807) is 12.5 Å². The molecule has 5 heteroatoms. The third kappa shape index (κ3) is 1.54. The Bertz CT molecular complexity index is 433. The van der Waals surface area contributed by atoms with Crippen LogP contribution in [0.2, 0.25) is 0 Å². The zero-order chi connectivity index (χ0) is 11.8. The van der Waals surface area contributed by atoms with E-state index in [4.69, 9.17) is 10.9 Å². The molecule has 0 saturated carbocycles. The Labute approximate surface area is 93.6 Å². The van der Waals surface area contributed by atoms with Gasteiger partial charge >= 0.3 is 0 Å². The van der Waals surface area contributed by atoms with Gasteiger partial charge in [0, 0.05) is 18.5 Å². The van der Waals surface area contributed by atoms with Crippen molar-refractivity contribution in [1.29, 1.82) is 0 Å². The number of nitrogen functional groups attached to an aromatic ring is 1. The maximum Gasteiger partial charge on any atom is 0.264 e. The summed E-state index contributed by atoms with van der Waals surface area (Å²) in [4.78, 5) is 11.7. The molecule has 0 aliphatic heterocycles. The van der Waals surface area contributed by atoms with E-state index in [0.717, 1.165) is 11.1 Å². The Morgan fingerprint density at radius 2 is 2.12 bits per heavy atom. The molecule has 0 fully saturated rings. The van der Waals surface area contributed by atoms with Crippen molar-refractivity contribution in [3.63, 3.8) is 0 Å². The highest BCUT2D eigenvalue weighted by molar-refractivity contribution is 5.87. The van der Waals surface area contributed by atoms with Gasteiger partial charge in [-0.05, 0) is 30.3 Å². The normalized spacial score (nSPS) is 22.9. The van der Waals surface area contributed by atoms with Crippen LogP contribution in [-0.2, 0) is 17.6 Å². The number of carbonyl (C=O) groups excluding carboxylic acids is 1. The summed E-state index contributed by atoms with van der Waals surface area (Å²) >= 11 is 0. The molecule has 16 heavy (non-hydrogen) atoms. The lowest BCUT2D eigenvalue weighted by Crippen LogP contribution is -2.55.